The van der Waals surface area contributed by atoms with Crippen molar-refractivity contribution in [1.82, 2.24) is 14.4 Å². The lowest BCUT2D eigenvalue weighted by molar-refractivity contribution is -0.133. The largest absolute Gasteiger partial charge is 0.383 e. The molecule has 0 aliphatic rings. The molecule has 0 aliphatic heterocycles. The third kappa shape index (κ3) is 6.76. The summed E-state index contributed by atoms with van der Waals surface area (Å²) in [5.74, 6) is -0.160. The normalized spacial score (nSPS) is 10.4. The van der Waals surface area contributed by atoms with E-state index in [-0.39, 0.29) is 25.0 Å². The smallest absolute Gasteiger partial charge is 0.322 e. The van der Waals surface area contributed by atoms with Crippen molar-refractivity contribution in [3.8, 4) is 0 Å². The van der Waals surface area contributed by atoms with Gasteiger partial charge in [-0.05, 0) is 40.2 Å². The molecule has 0 unspecified atom stereocenters. The van der Waals surface area contributed by atoms with Gasteiger partial charge in [0.2, 0.25) is 5.91 Å². The van der Waals surface area contributed by atoms with Crippen molar-refractivity contribution in [2.24, 2.45) is 7.05 Å². The average molecular weight is 463 g/mol. The maximum Gasteiger partial charge on any atom is 0.322 e. The predicted molar refractivity (Wildman–Crippen MR) is 118 cm³/mol. The standard InChI is InChI=1S/C21H27BrN4O3/c1-4-11-26(21(28)23-19-10-6-5-9-18(19)22)16-20(27)25(13-14-29-3)15-17-8-7-12-24(17)2/h4-10,12H,1,11,13-16H2,2-3H3,(H,23,28). The zero-order valence-corrected chi connectivity index (χ0v) is 18.4. The molecule has 2 aromatic rings. The Labute approximate surface area is 180 Å². The van der Waals surface area contributed by atoms with Gasteiger partial charge in [-0.3, -0.25) is 4.79 Å². The van der Waals surface area contributed by atoms with Crippen LogP contribution in [0.15, 0.2) is 59.7 Å². The number of methoxy groups -OCH3 is 1. The number of anilines is 1. The number of aromatic nitrogens is 1. The highest BCUT2D eigenvalue weighted by molar-refractivity contribution is 9.10. The molecule has 7 nitrogen and oxygen atoms in total. The lowest BCUT2D eigenvalue weighted by atomic mass is 10.3. The molecule has 29 heavy (non-hydrogen) atoms. The summed E-state index contributed by atoms with van der Waals surface area (Å²) in [6.45, 7) is 5.20. The molecule has 0 aliphatic carbocycles. The number of benzene rings is 1. The first-order valence-corrected chi connectivity index (χ1v) is 10.0. The number of ether oxygens (including phenoxy) is 1. The van der Waals surface area contributed by atoms with E-state index in [1.165, 1.54) is 4.90 Å². The summed E-state index contributed by atoms with van der Waals surface area (Å²) < 4.78 is 7.88. The zero-order valence-electron chi connectivity index (χ0n) is 16.8. The van der Waals surface area contributed by atoms with Crippen LogP contribution < -0.4 is 5.32 Å². The number of hydrogen-bond donors (Lipinski definition) is 1. The van der Waals surface area contributed by atoms with Crippen molar-refractivity contribution < 1.29 is 14.3 Å². The van der Waals surface area contributed by atoms with Gasteiger partial charge < -0.3 is 24.4 Å². The number of rotatable bonds is 10. The van der Waals surface area contributed by atoms with E-state index in [2.05, 4.69) is 27.8 Å². The average Bonchev–Trinajstić information content (AvgIpc) is 3.10. The van der Waals surface area contributed by atoms with E-state index in [0.29, 0.717) is 25.4 Å². The zero-order chi connectivity index (χ0) is 21.2. The van der Waals surface area contributed by atoms with Crippen LogP contribution in [-0.4, -0.2) is 59.7 Å². The maximum absolute atomic E-state index is 13.0. The molecule has 3 amide bonds. The summed E-state index contributed by atoms with van der Waals surface area (Å²) in [5.41, 5.74) is 1.64. The Hall–Kier alpha value is -2.58. The Balaban J connectivity index is 2.09. The van der Waals surface area contributed by atoms with Gasteiger partial charge in [0.25, 0.3) is 0 Å². The lowest BCUT2D eigenvalue weighted by Gasteiger charge is -2.27. The number of para-hydroxylation sites is 1. The Morgan fingerprint density at radius 3 is 2.62 bits per heavy atom. The van der Waals surface area contributed by atoms with Crippen LogP contribution >= 0.6 is 15.9 Å². The highest BCUT2D eigenvalue weighted by Crippen LogP contribution is 2.21. The predicted octanol–water partition coefficient (Wildman–Crippen LogP) is 3.48. The number of carbonyl (C=O) groups excluding carboxylic acids is 2. The molecule has 0 saturated heterocycles. The van der Waals surface area contributed by atoms with Crippen LogP contribution in [0.1, 0.15) is 5.69 Å². The van der Waals surface area contributed by atoms with Crippen LogP contribution in [-0.2, 0) is 23.1 Å². The van der Waals surface area contributed by atoms with E-state index in [1.807, 2.05) is 48.1 Å². The molecule has 0 spiro atoms. The number of aryl methyl sites for hydroxylation is 1. The van der Waals surface area contributed by atoms with Gasteiger partial charge in [0.1, 0.15) is 6.54 Å². The number of nitrogens with zero attached hydrogens (tertiary/aromatic N) is 3. The van der Waals surface area contributed by atoms with Crippen LogP contribution in [0.4, 0.5) is 10.5 Å². The summed E-state index contributed by atoms with van der Waals surface area (Å²) in [5, 5.41) is 2.83. The Bertz CT molecular complexity index is 837. The minimum atomic E-state index is -0.365. The van der Waals surface area contributed by atoms with Crippen molar-refractivity contribution in [3.05, 3.63) is 65.4 Å². The fourth-order valence-electron chi connectivity index (χ4n) is 2.74. The van der Waals surface area contributed by atoms with E-state index in [0.717, 1.165) is 10.2 Å². The van der Waals surface area contributed by atoms with Gasteiger partial charge in [0.15, 0.2) is 0 Å². The van der Waals surface area contributed by atoms with E-state index in [4.69, 9.17) is 4.74 Å². The van der Waals surface area contributed by atoms with Gasteiger partial charge in [0, 0.05) is 43.6 Å². The monoisotopic (exact) mass is 462 g/mol. The third-order valence-electron chi connectivity index (χ3n) is 4.40. The second-order valence-corrected chi connectivity index (χ2v) is 7.35. The van der Waals surface area contributed by atoms with Crippen molar-refractivity contribution >= 4 is 33.6 Å². The maximum atomic E-state index is 13.0. The van der Waals surface area contributed by atoms with Crippen molar-refractivity contribution in [2.45, 2.75) is 6.54 Å². The number of nitrogens with one attached hydrogen (secondary N) is 1. The lowest BCUT2D eigenvalue weighted by Crippen LogP contribution is -2.45. The Morgan fingerprint density at radius 2 is 2.00 bits per heavy atom. The number of amides is 3. The molecule has 156 valence electrons. The molecule has 1 aromatic carbocycles. The fourth-order valence-corrected chi connectivity index (χ4v) is 3.13. The van der Waals surface area contributed by atoms with Gasteiger partial charge >= 0.3 is 6.03 Å². The fraction of sp³-hybridized carbons (Fsp3) is 0.333. The summed E-state index contributed by atoms with van der Waals surface area (Å²) in [6, 6.07) is 10.9. The second-order valence-electron chi connectivity index (χ2n) is 6.50. The summed E-state index contributed by atoms with van der Waals surface area (Å²) in [6.07, 6.45) is 3.53. The number of halogens is 1. The molecule has 0 radical (unpaired) electrons. The minimum Gasteiger partial charge on any atom is -0.383 e. The van der Waals surface area contributed by atoms with Crippen LogP contribution in [0.2, 0.25) is 0 Å². The van der Waals surface area contributed by atoms with Crippen molar-refractivity contribution in [3.63, 3.8) is 0 Å². The quantitative estimate of drug-likeness (QED) is 0.549. The molecule has 8 heteroatoms. The molecular weight excluding hydrogens is 436 g/mol. The Kier molecular flexibility index (Phi) is 8.95. The van der Waals surface area contributed by atoms with Crippen LogP contribution in [0.3, 0.4) is 0 Å². The van der Waals surface area contributed by atoms with Crippen LogP contribution in [0.25, 0.3) is 0 Å². The summed E-state index contributed by atoms with van der Waals surface area (Å²) in [7, 11) is 3.53. The van der Waals surface area contributed by atoms with E-state index >= 15 is 0 Å². The van der Waals surface area contributed by atoms with Gasteiger partial charge in [-0.2, -0.15) is 0 Å². The summed E-state index contributed by atoms with van der Waals surface area (Å²) >= 11 is 3.41. The highest BCUT2D eigenvalue weighted by atomic mass is 79.9. The minimum absolute atomic E-state index is 0.0591. The van der Waals surface area contributed by atoms with E-state index < -0.39 is 0 Å². The molecule has 0 saturated carbocycles. The number of urea groups is 1. The van der Waals surface area contributed by atoms with Crippen molar-refractivity contribution in [2.75, 3.05) is 38.7 Å². The van der Waals surface area contributed by atoms with Gasteiger partial charge in [-0.15, -0.1) is 6.58 Å². The topological polar surface area (TPSA) is 66.8 Å². The van der Waals surface area contributed by atoms with Gasteiger partial charge in [0.05, 0.1) is 18.8 Å². The Morgan fingerprint density at radius 1 is 1.24 bits per heavy atom. The summed E-state index contributed by atoms with van der Waals surface area (Å²) in [4.78, 5) is 28.9. The molecule has 0 atom stereocenters. The van der Waals surface area contributed by atoms with Gasteiger partial charge in [-0.1, -0.05) is 18.2 Å². The molecule has 1 N–H and O–H groups in total. The molecule has 2 rings (SSSR count). The molecule has 0 fully saturated rings. The van der Waals surface area contributed by atoms with Crippen molar-refractivity contribution in [1.29, 1.82) is 0 Å². The van der Waals surface area contributed by atoms with E-state index in [9.17, 15) is 9.59 Å². The molecule has 1 aromatic heterocycles. The third-order valence-corrected chi connectivity index (χ3v) is 5.09. The first-order chi connectivity index (χ1) is 14.0. The highest BCUT2D eigenvalue weighted by Gasteiger charge is 2.22. The molecular formula is C21H27BrN4O3. The first kappa shape index (κ1) is 22.7. The first-order valence-electron chi connectivity index (χ1n) is 9.24. The second kappa shape index (κ2) is 11.4. The van der Waals surface area contributed by atoms with Crippen LogP contribution in [0, 0.1) is 0 Å². The van der Waals surface area contributed by atoms with Crippen LogP contribution in [0.5, 0.6) is 0 Å². The number of carbonyl (C=O) groups is 2. The number of hydrogen-bond acceptors (Lipinski definition) is 3. The van der Waals surface area contributed by atoms with Gasteiger partial charge in [-0.25, -0.2) is 4.79 Å². The molecule has 1 heterocycles. The SMILES string of the molecule is C=CCN(CC(=O)N(CCOC)Cc1cccn1C)C(=O)Nc1ccccc1Br. The molecule has 0 bridgehead atoms. The van der Waals surface area contributed by atoms with E-state index in [1.54, 1.807) is 24.2 Å².